The SMILES string of the molecule is CCN(CC)CCNC(=O)c1cccc(F)c1NN. The van der Waals surface area contributed by atoms with E-state index in [4.69, 9.17) is 5.84 Å². The first-order valence-corrected chi connectivity index (χ1v) is 6.39. The summed E-state index contributed by atoms with van der Waals surface area (Å²) in [5, 5.41) is 2.76. The van der Waals surface area contributed by atoms with Crippen LogP contribution < -0.4 is 16.6 Å². The average molecular weight is 268 g/mol. The third kappa shape index (κ3) is 4.18. The van der Waals surface area contributed by atoms with Gasteiger partial charge in [0.1, 0.15) is 5.82 Å². The summed E-state index contributed by atoms with van der Waals surface area (Å²) in [5.41, 5.74) is 2.45. The molecule has 0 heterocycles. The molecule has 1 amide bonds. The number of hydrazine groups is 1. The molecule has 0 spiro atoms. The molecule has 1 aromatic rings. The highest BCUT2D eigenvalue weighted by atomic mass is 19.1. The van der Waals surface area contributed by atoms with E-state index in [0.29, 0.717) is 6.54 Å². The van der Waals surface area contributed by atoms with Crippen LogP contribution in [0.1, 0.15) is 24.2 Å². The molecule has 0 saturated carbocycles. The van der Waals surface area contributed by atoms with Crippen LogP contribution in [0.2, 0.25) is 0 Å². The minimum Gasteiger partial charge on any atom is -0.351 e. The van der Waals surface area contributed by atoms with Gasteiger partial charge in [0.15, 0.2) is 0 Å². The number of carbonyl (C=O) groups excluding carboxylic acids is 1. The molecule has 1 aromatic carbocycles. The molecular weight excluding hydrogens is 247 g/mol. The number of carbonyl (C=O) groups is 1. The molecule has 0 aliphatic carbocycles. The summed E-state index contributed by atoms with van der Waals surface area (Å²) in [4.78, 5) is 14.1. The largest absolute Gasteiger partial charge is 0.351 e. The maximum Gasteiger partial charge on any atom is 0.253 e. The number of hydrogen-bond acceptors (Lipinski definition) is 4. The monoisotopic (exact) mass is 268 g/mol. The second-order valence-corrected chi connectivity index (χ2v) is 4.09. The van der Waals surface area contributed by atoms with Crippen molar-refractivity contribution in [3.05, 3.63) is 29.6 Å². The molecule has 0 saturated heterocycles. The van der Waals surface area contributed by atoms with Crippen LogP contribution in [0.3, 0.4) is 0 Å². The Hall–Kier alpha value is -1.66. The number of benzene rings is 1. The fraction of sp³-hybridized carbons (Fsp3) is 0.462. The van der Waals surface area contributed by atoms with Gasteiger partial charge in [-0.3, -0.25) is 10.6 Å². The topological polar surface area (TPSA) is 70.4 Å². The molecule has 0 bridgehead atoms. The molecule has 106 valence electrons. The highest BCUT2D eigenvalue weighted by Crippen LogP contribution is 2.18. The lowest BCUT2D eigenvalue weighted by atomic mass is 10.1. The van der Waals surface area contributed by atoms with Gasteiger partial charge in [0.25, 0.3) is 5.91 Å². The molecule has 0 fully saturated rings. The quantitative estimate of drug-likeness (QED) is 0.513. The summed E-state index contributed by atoms with van der Waals surface area (Å²) >= 11 is 0. The Balaban J connectivity index is 2.61. The van der Waals surface area contributed by atoms with Gasteiger partial charge in [-0.2, -0.15) is 0 Å². The van der Waals surface area contributed by atoms with Crippen molar-refractivity contribution >= 4 is 11.6 Å². The van der Waals surface area contributed by atoms with Gasteiger partial charge in [0.2, 0.25) is 0 Å². The van der Waals surface area contributed by atoms with Crippen LogP contribution in [0.15, 0.2) is 18.2 Å². The summed E-state index contributed by atoms with van der Waals surface area (Å²) < 4.78 is 13.4. The van der Waals surface area contributed by atoms with Crippen LogP contribution >= 0.6 is 0 Å². The van der Waals surface area contributed by atoms with Crippen molar-refractivity contribution in [3.8, 4) is 0 Å². The van der Waals surface area contributed by atoms with E-state index in [0.717, 1.165) is 19.6 Å². The first-order valence-electron chi connectivity index (χ1n) is 6.39. The van der Waals surface area contributed by atoms with Crippen molar-refractivity contribution in [1.29, 1.82) is 0 Å². The molecule has 0 aliphatic rings. The number of hydrogen-bond donors (Lipinski definition) is 3. The van der Waals surface area contributed by atoms with Crippen molar-refractivity contribution in [1.82, 2.24) is 10.2 Å². The van der Waals surface area contributed by atoms with E-state index in [1.165, 1.54) is 18.2 Å². The number of likely N-dealkylation sites (N-methyl/N-ethyl adjacent to an activating group) is 1. The molecule has 6 heteroatoms. The van der Waals surface area contributed by atoms with Gasteiger partial charge >= 0.3 is 0 Å². The molecule has 0 unspecified atom stereocenters. The van der Waals surface area contributed by atoms with E-state index in [2.05, 4.69) is 29.5 Å². The Kier molecular flexibility index (Phi) is 6.24. The van der Waals surface area contributed by atoms with E-state index in [-0.39, 0.29) is 17.2 Å². The average Bonchev–Trinajstić information content (AvgIpc) is 2.43. The lowest BCUT2D eigenvalue weighted by Gasteiger charge is -2.18. The molecule has 19 heavy (non-hydrogen) atoms. The summed E-state index contributed by atoms with van der Waals surface area (Å²) in [6.45, 7) is 7.27. The van der Waals surface area contributed by atoms with Crippen molar-refractivity contribution in [2.24, 2.45) is 5.84 Å². The van der Waals surface area contributed by atoms with Crippen LogP contribution in [0, 0.1) is 5.82 Å². The highest BCUT2D eigenvalue weighted by molar-refractivity contribution is 5.99. The second-order valence-electron chi connectivity index (χ2n) is 4.09. The summed E-state index contributed by atoms with van der Waals surface area (Å²) in [6.07, 6.45) is 0. The van der Waals surface area contributed by atoms with Crippen LogP contribution in [-0.2, 0) is 0 Å². The predicted molar refractivity (Wildman–Crippen MR) is 74.3 cm³/mol. The maximum atomic E-state index is 13.4. The number of anilines is 1. The summed E-state index contributed by atoms with van der Waals surface area (Å²) in [6, 6.07) is 4.27. The van der Waals surface area contributed by atoms with Crippen LogP contribution in [0.25, 0.3) is 0 Å². The number of rotatable bonds is 7. The van der Waals surface area contributed by atoms with Gasteiger partial charge in [-0.15, -0.1) is 0 Å². The Morgan fingerprint density at radius 3 is 2.63 bits per heavy atom. The van der Waals surface area contributed by atoms with Crippen molar-refractivity contribution < 1.29 is 9.18 Å². The van der Waals surface area contributed by atoms with E-state index in [1.54, 1.807) is 0 Å². The van der Waals surface area contributed by atoms with Gasteiger partial charge in [0, 0.05) is 13.1 Å². The second kappa shape index (κ2) is 7.70. The Labute approximate surface area is 112 Å². The number of nitrogens with zero attached hydrogens (tertiary/aromatic N) is 1. The Morgan fingerprint density at radius 2 is 2.05 bits per heavy atom. The molecular formula is C13H21FN4O. The minimum atomic E-state index is -0.543. The number of halogens is 1. The highest BCUT2D eigenvalue weighted by Gasteiger charge is 2.13. The van der Waals surface area contributed by atoms with Gasteiger partial charge in [-0.1, -0.05) is 19.9 Å². The summed E-state index contributed by atoms with van der Waals surface area (Å²) in [7, 11) is 0. The molecule has 5 nitrogen and oxygen atoms in total. The molecule has 0 aromatic heterocycles. The zero-order chi connectivity index (χ0) is 14.3. The fourth-order valence-electron chi connectivity index (χ4n) is 1.82. The first kappa shape index (κ1) is 15.4. The standard InChI is InChI=1S/C13H21FN4O/c1-3-18(4-2)9-8-16-13(19)10-6-5-7-11(14)12(10)17-15/h5-7,17H,3-4,8-9,15H2,1-2H3,(H,16,19). The Morgan fingerprint density at radius 1 is 1.37 bits per heavy atom. The number of nitrogens with two attached hydrogens (primary N) is 1. The third-order valence-electron chi connectivity index (χ3n) is 3.01. The minimum absolute atomic E-state index is 0.0165. The van der Waals surface area contributed by atoms with E-state index in [9.17, 15) is 9.18 Å². The number of amides is 1. The van der Waals surface area contributed by atoms with Crippen molar-refractivity contribution in [2.75, 3.05) is 31.6 Å². The van der Waals surface area contributed by atoms with E-state index < -0.39 is 5.82 Å². The zero-order valence-electron chi connectivity index (χ0n) is 11.4. The Bertz CT molecular complexity index is 421. The van der Waals surface area contributed by atoms with Crippen molar-refractivity contribution in [3.63, 3.8) is 0 Å². The number of para-hydroxylation sites is 1. The van der Waals surface area contributed by atoms with Gasteiger partial charge in [-0.05, 0) is 25.2 Å². The van der Waals surface area contributed by atoms with E-state index in [1.807, 2.05) is 0 Å². The zero-order valence-corrected chi connectivity index (χ0v) is 11.4. The van der Waals surface area contributed by atoms with Gasteiger partial charge in [0.05, 0.1) is 11.3 Å². The molecule has 0 radical (unpaired) electrons. The van der Waals surface area contributed by atoms with Gasteiger partial charge < -0.3 is 15.6 Å². The predicted octanol–water partition coefficient (Wildman–Crippen LogP) is 1.18. The maximum absolute atomic E-state index is 13.4. The lowest BCUT2D eigenvalue weighted by molar-refractivity contribution is 0.0949. The normalized spacial score (nSPS) is 10.6. The van der Waals surface area contributed by atoms with Crippen LogP contribution in [-0.4, -0.2) is 37.0 Å². The lowest BCUT2D eigenvalue weighted by Crippen LogP contribution is -2.35. The number of nitrogen functional groups attached to an aromatic ring is 1. The van der Waals surface area contributed by atoms with Crippen LogP contribution in [0.5, 0.6) is 0 Å². The van der Waals surface area contributed by atoms with Gasteiger partial charge in [-0.25, -0.2) is 4.39 Å². The van der Waals surface area contributed by atoms with Crippen molar-refractivity contribution in [2.45, 2.75) is 13.8 Å². The fourth-order valence-corrected chi connectivity index (χ4v) is 1.82. The summed E-state index contributed by atoms with van der Waals surface area (Å²) in [5.74, 6) is 4.35. The smallest absolute Gasteiger partial charge is 0.253 e. The first-order chi connectivity index (χ1) is 9.13. The third-order valence-corrected chi connectivity index (χ3v) is 3.01. The van der Waals surface area contributed by atoms with E-state index >= 15 is 0 Å². The molecule has 4 N–H and O–H groups in total. The number of nitrogens with one attached hydrogen (secondary N) is 2. The van der Waals surface area contributed by atoms with Crippen LogP contribution in [0.4, 0.5) is 10.1 Å². The molecule has 0 aliphatic heterocycles. The molecule has 0 atom stereocenters. The molecule has 1 rings (SSSR count).